The van der Waals surface area contributed by atoms with Crippen molar-refractivity contribution in [3.63, 3.8) is 0 Å². The lowest BCUT2D eigenvalue weighted by Crippen LogP contribution is -2.13. The minimum absolute atomic E-state index is 0.0822. The van der Waals surface area contributed by atoms with Gasteiger partial charge in [0.05, 0.1) is 13.7 Å². The van der Waals surface area contributed by atoms with Gasteiger partial charge in [0.25, 0.3) is 0 Å². The Morgan fingerprint density at radius 2 is 1.72 bits per heavy atom. The van der Waals surface area contributed by atoms with Gasteiger partial charge in [-0.1, -0.05) is 32.9 Å². The molecular formula is C21H26O4. The summed E-state index contributed by atoms with van der Waals surface area (Å²) in [5.41, 5.74) is 2.57. The minimum Gasteiger partial charge on any atom is -0.493 e. The molecule has 2 aromatic rings. The molecule has 0 heterocycles. The van der Waals surface area contributed by atoms with Gasteiger partial charge in [0.2, 0.25) is 5.75 Å². The molecule has 0 aliphatic carbocycles. The Balaban J connectivity index is 2.60. The fraction of sp³-hybridized carbons (Fsp3) is 0.381. The van der Waals surface area contributed by atoms with E-state index in [1.165, 1.54) is 0 Å². The van der Waals surface area contributed by atoms with E-state index in [-0.39, 0.29) is 5.41 Å². The summed E-state index contributed by atoms with van der Waals surface area (Å²) in [5.74, 6) is 2.20. The SMILES string of the molecule is CCOc1c(OC)cc(C=O)cc1Oc1cc(C)ccc1C(C)(C)C. The number of hydrogen-bond donors (Lipinski definition) is 0. The number of rotatable bonds is 6. The lowest BCUT2D eigenvalue weighted by molar-refractivity contribution is 0.112. The van der Waals surface area contributed by atoms with E-state index in [9.17, 15) is 4.79 Å². The maximum atomic E-state index is 11.3. The van der Waals surface area contributed by atoms with Crippen molar-refractivity contribution in [1.29, 1.82) is 0 Å². The van der Waals surface area contributed by atoms with E-state index in [2.05, 4.69) is 32.9 Å². The first-order valence-electron chi connectivity index (χ1n) is 8.39. The summed E-state index contributed by atoms with van der Waals surface area (Å²) in [4.78, 5) is 11.3. The van der Waals surface area contributed by atoms with Crippen molar-refractivity contribution in [1.82, 2.24) is 0 Å². The van der Waals surface area contributed by atoms with E-state index in [0.29, 0.717) is 29.4 Å². The van der Waals surface area contributed by atoms with Crippen molar-refractivity contribution < 1.29 is 19.0 Å². The van der Waals surface area contributed by atoms with Crippen LogP contribution in [0.1, 0.15) is 49.2 Å². The highest BCUT2D eigenvalue weighted by Gasteiger charge is 2.22. The molecule has 0 spiro atoms. The van der Waals surface area contributed by atoms with Crippen LogP contribution in [0.5, 0.6) is 23.0 Å². The molecule has 2 rings (SSSR count). The van der Waals surface area contributed by atoms with Crippen LogP contribution in [0.25, 0.3) is 0 Å². The van der Waals surface area contributed by atoms with Crippen molar-refractivity contribution in [2.45, 2.75) is 40.0 Å². The zero-order valence-electron chi connectivity index (χ0n) is 15.8. The first-order valence-corrected chi connectivity index (χ1v) is 8.39. The molecule has 0 unspecified atom stereocenters. The van der Waals surface area contributed by atoms with Gasteiger partial charge in [0, 0.05) is 11.1 Å². The van der Waals surface area contributed by atoms with Crippen molar-refractivity contribution in [3.8, 4) is 23.0 Å². The monoisotopic (exact) mass is 342 g/mol. The minimum atomic E-state index is -0.0822. The summed E-state index contributed by atoms with van der Waals surface area (Å²) in [6.07, 6.45) is 0.770. The largest absolute Gasteiger partial charge is 0.493 e. The second kappa shape index (κ2) is 7.60. The molecule has 0 N–H and O–H groups in total. The number of hydrogen-bond acceptors (Lipinski definition) is 4. The summed E-state index contributed by atoms with van der Waals surface area (Å²) in [6.45, 7) is 10.8. The molecule has 25 heavy (non-hydrogen) atoms. The van der Waals surface area contributed by atoms with E-state index >= 15 is 0 Å². The van der Waals surface area contributed by atoms with E-state index in [1.54, 1.807) is 19.2 Å². The third-order valence-corrected chi connectivity index (χ3v) is 3.85. The first-order chi connectivity index (χ1) is 11.8. The normalized spacial score (nSPS) is 11.1. The number of carbonyl (C=O) groups excluding carboxylic acids is 1. The van der Waals surface area contributed by atoms with Crippen molar-refractivity contribution in [2.75, 3.05) is 13.7 Å². The maximum absolute atomic E-state index is 11.3. The third-order valence-electron chi connectivity index (χ3n) is 3.85. The zero-order valence-corrected chi connectivity index (χ0v) is 15.8. The number of benzene rings is 2. The lowest BCUT2D eigenvalue weighted by Gasteiger charge is -2.24. The van der Waals surface area contributed by atoms with Crippen LogP contribution in [0.2, 0.25) is 0 Å². The van der Waals surface area contributed by atoms with Crippen LogP contribution in [0, 0.1) is 6.92 Å². The van der Waals surface area contributed by atoms with Gasteiger partial charge < -0.3 is 14.2 Å². The first kappa shape index (κ1) is 18.8. The Kier molecular flexibility index (Phi) is 5.73. The molecular weight excluding hydrogens is 316 g/mol. The van der Waals surface area contributed by atoms with Crippen LogP contribution >= 0.6 is 0 Å². The van der Waals surface area contributed by atoms with Gasteiger partial charge in [0.15, 0.2) is 11.5 Å². The molecule has 0 amide bonds. The van der Waals surface area contributed by atoms with Gasteiger partial charge in [0.1, 0.15) is 12.0 Å². The molecule has 0 aliphatic heterocycles. The van der Waals surface area contributed by atoms with E-state index in [0.717, 1.165) is 23.2 Å². The topological polar surface area (TPSA) is 44.8 Å². The third kappa shape index (κ3) is 4.32. The van der Waals surface area contributed by atoms with Gasteiger partial charge in [-0.2, -0.15) is 0 Å². The highest BCUT2D eigenvalue weighted by atomic mass is 16.5. The van der Waals surface area contributed by atoms with Gasteiger partial charge in [-0.25, -0.2) is 0 Å². The fourth-order valence-corrected chi connectivity index (χ4v) is 2.63. The number of methoxy groups -OCH3 is 1. The summed E-state index contributed by atoms with van der Waals surface area (Å²) in [6, 6.07) is 9.46. The number of carbonyl (C=O) groups is 1. The van der Waals surface area contributed by atoms with E-state index in [4.69, 9.17) is 14.2 Å². The van der Waals surface area contributed by atoms with Crippen LogP contribution in [0.15, 0.2) is 30.3 Å². The van der Waals surface area contributed by atoms with Crippen molar-refractivity contribution in [2.24, 2.45) is 0 Å². The molecule has 4 heteroatoms. The number of aryl methyl sites for hydroxylation is 1. The molecule has 0 fully saturated rings. The molecule has 2 aromatic carbocycles. The van der Waals surface area contributed by atoms with Crippen LogP contribution in [-0.2, 0) is 5.41 Å². The van der Waals surface area contributed by atoms with E-state index in [1.807, 2.05) is 19.9 Å². The Morgan fingerprint density at radius 3 is 2.28 bits per heavy atom. The highest BCUT2D eigenvalue weighted by Crippen LogP contribution is 2.43. The standard InChI is InChI=1S/C21H26O4/c1-7-24-20-18(23-6)11-15(13-22)12-19(20)25-17-10-14(2)8-9-16(17)21(3,4)5/h8-13H,7H2,1-6H3. The molecule has 0 bridgehead atoms. The summed E-state index contributed by atoms with van der Waals surface area (Å²) < 4.78 is 17.3. The molecule has 0 radical (unpaired) electrons. The van der Waals surface area contributed by atoms with Crippen LogP contribution in [0.3, 0.4) is 0 Å². The molecule has 134 valence electrons. The molecule has 0 saturated heterocycles. The molecule has 0 aromatic heterocycles. The van der Waals surface area contributed by atoms with Crippen molar-refractivity contribution in [3.05, 3.63) is 47.0 Å². The number of ether oxygens (including phenoxy) is 3. The van der Waals surface area contributed by atoms with Crippen LogP contribution in [-0.4, -0.2) is 20.0 Å². The van der Waals surface area contributed by atoms with Crippen LogP contribution < -0.4 is 14.2 Å². The fourth-order valence-electron chi connectivity index (χ4n) is 2.63. The Labute approximate surface area is 149 Å². The van der Waals surface area contributed by atoms with Crippen molar-refractivity contribution >= 4 is 6.29 Å². The van der Waals surface area contributed by atoms with Crippen LogP contribution in [0.4, 0.5) is 0 Å². The molecule has 0 atom stereocenters. The average Bonchev–Trinajstić information content (AvgIpc) is 2.55. The average molecular weight is 342 g/mol. The van der Waals surface area contributed by atoms with Gasteiger partial charge in [-0.15, -0.1) is 0 Å². The molecule has 4 nitrogen and oxygen atoms in total. The maximum Gasteiger partial charge on any atom is 0.204 e. The lowest BCUT2D eigenvalue weighted by atomic mass is 9.86. The second-order valence-corrected chi connectivity index (χ2v) is 6.95. The predicted octanol–water partition coefficient (Wildman–Crippen LogP) is 5.30. The second-order valence-electron chi connectivity index (χ2n) is 6.95. The van der Waals surface area contributed by atoms with E-state index < -0.39 is 0 Å². The quantitative estimate of drug-likeness (QED) is 0.668. The summed E-state index contributed by atoms with van der Waals surface area (Å²) >= 11 is 0. The summed E-state index contributed by atoms with van der Waals surface area (Å²) in [7, 11) is 1.55. The summed E-state index contributed by atoms with van der Waals surface area (Å²) in [5, 5.41) is 0. The zero-order chi connectivity index (χ0) is 18.6. The van der Waals surface area contributed by atoms with Gasteiger partial charge in [-0.3, -0.25) is 4.79 Å². The Hall–Kier alpha value is -2.49. The number of aldehydes is 1. The Morgan fingerprint density at radius 1 is 1.04 bits per heavy atom. The van der Waals surface area contributed by atoms with Gasteiger partial charge in [-0.05, 0) is 43.0 Å². The highest BCUT2D eigenvalue weighted by molar-refractivity contribution is 5.78. The smallest absolute Gasteiger partial charge is 0.204 e. The predicted molar refractivity (Wildman–Crippen MR) is 99.5 cm³/mol. The Bertz CT molecular complexity index is 757. The molecule has 0 aliphatic rings. The molecule has 0 saturated carbocycles. The van der Waals surface area contributed by atoms with Gasteiger partial charge >= 0.3 is 0 Å².